The SMILES string of the molecule is CNc1nc(SC2CCCC2)nc(-n2cccn2)n1. The van der Waals surface area contributed by atoms with Crippen LogP contribution in [0.3, 0.4) is 0 Å². The van der Waals surface area contributed by atoms with Crippen molar-refractivity contribution in [2.75, 3.05) is 12.4 Å². The molecule has 6 nitrogen and oxygen atoms in total. The summed E-state index contributed by atoms with van der Waals surface area (Å²) >= 11 is 1.75. The molecule has 0 radical (unpaired) electrons. The van der Waals surface area contributed by atoms with E-state index < -0.39 is 0 Å². The lowest BCUT2D eigenvalue weighted by molar-refractivity contribution is 0.759. The third-order valence-corrected chi connectivity index (χ3v) is 4.31. The Bertz CT molecular complexity index is 535. The molecule has 1 aliphatic rings. The quantitative estimate of drug-likeness (QED) is 0.922. The van der Waals surface area contributed by atoms with E-state index in [-0.39, 0.29) is 0 Å². The number of thioether (sulfide) groups is 1. The lowest BCUT2D eigenvalue weighted by Crippen LogP contribution is -2.09. The first-order valence-corrected chi connectivity index (χ1v) is 7.33. The number of rotatable bonds is 4. The van der Waals surface area contributed by atoms with Crippen molar-refractivity contribution in [3.05, 3.63) is 18.5 Å². The minimum absolute atomic E-state index is 0.560. The van der Waals surface area contributed by atoms with Gasteiger partial charge in [-0.05, 0) is 18.9 Å². The van der Waals surface area contributed by atoms with Crippen molar-refractivity contribution < 1.29 is 0 Å². The summed E-state index contributed by atoms with van der Waals surface area (Å²) in [7, 11) is 1.81. The predicted molar refractivity (Wildman–Crippen MR) is 74.6 cm³/mol. The van der Waals surface area contributed by atoms with Gasteiger partial charge in [0.2, 0.25) is 5.95 Å². The van der Waals surface area contributed by atoms with Crippen LogP contribution in [0.2, 0.25) is 0 Å². The van der Waals surface area contributed by atoms with Gasteiger partial charge in [0.25, 0.3) is 5.95 Å². The van der Waals surface area contributed by atoms with Gasteiger partial charge in [-0.25, -0.2) is 4.68 Å². The summed E-state index contributed by atoms with van der Waals surface area (Å²) in [5, 5.41) is 8.55. The zero-order chi connectivity index (χ0) is 13.1. The van der Waals surface area contributed by atoms with Crippen LogP contribution in [0.15, 0.2) is 23.6 Å². The van der Waals surface area contributed by atoms with Crippen LogP contribution in [-0.2, 0) is 0 Å². The molecule has 0 spiro atoms. The van der Waals surface area contributed by atoms with Gasteiger partial charge in [-0.3, -0.25) is 0 Å². The van der Waals surface area contributed by atoms with Crippen molar-refractivity contribution in [3.8, 4) is 5.95 Å². The minimum atomic E-state index is 0.560. The number of nitrogens with zero attached hydrogens (tertiary/aromatic N) is 5. The predicted octanol–water partition coefficient (Wildman–Crippen LogP) is 2.13. The Balaban J connectivity index is 1.88. The van der Waals surface area contributed by atoms with Crippen LogP contribution >= 0.6 is 11.8 Å². The maximum absolute atomic E-state index is 4.49. The standard InChI is InChI=1S/C12H16N6S/c1-13-10-15-11(18-8-4-7-14-18)17-12(16-10)19-9-5-2-3-6-9/h4,7-9H,2-3,5-6H2,1H3,(H,13,15,16,17). The summed E-state index contributed by atoms with van der Waals surface area (Å²) in [6.45, 7) is 0. The van der Waals surface area contributed by atoms with Crippen LogP contribution in [0.5, 0.6) is 0 Å². The maximum Gasteiger partial charge on any atom is 0.256 e. The molecule has 1 aliphatic carbocycles. The van der Waals surface area contributed by atoms with E-state index in [4.69, 9.17) is 0 Å². The molecular weight excluding hydrogens is 260 g/mol. The van der Waals surface area contributed by atoms with E-state index in [0.29, 0.717) is 17.1 Å². The second kappa shape index (κ2) is 5.56. The summed E-state index contributed by atoms with van der Waals surface area (Å²) in [5.41, 5.74) is 0. The molecule has 19 heavy (non-hydrogen) atoms. The second-order valence-corrected chi connectivity index (χ2v) is 5.73. The van der Waals surface area contributed by atoms with Crippen molar-refractivity contribution in [3.63, 3.8) is 0 Å². The Kier molecular flexibility index (Phi) is 3.63. The molecule has 3 rings (SSSR count). The van der Waals surface area contributed by atoms with E-state index in [2.05, 4.69) is 25.4 Å². The molecule has 1 saturated carbocycles. The molecule has 0 amide bonds. The van der Waals surface area contributed by atoms with Gasteiger partial charge in [0, 0.05) is 24.7 Å². The lowest BCUT2D eigenvalue weighted by Gasteiger charge is -2.09. The van der Waals surface area contributed by atoms with Gasteiger partial charge in [-0.1, -0.05) is 24.6 Å². The van der Waals surface area contributed by atoms with Crippen molar-refractivity contribution in [2.45, 2.75) is 36.1 Å². The van der Waals surface area contributed by atoms with Crippen molar-refractivity contribution in [2.24, 2.45) is 0 Å². The molecule has 7 heteroatoms. The van der Waals surface area contributed by atoms with Gasteiger partial charge in [0.1, 0.15) is 0 Å². The van der Waals surface area contributed by atoms with E-state index in [1.165, 1.54) is 25.7 Å². The van der Waals surface area contributed by atoms with E-state index in [9.17, 15) is 0 Å². The zero-order valence-electron chi connectivity index (χ0n) is 10.8. The smallest absolute Gasteiger partial charge is 0.256 e. The molecule has 0 aliphatic heterocycles. The molecular formula is C12H16N6S. The largest absolute Gasteiger partial charge is 0.357 e. The third kappa shape index (κ3) is 2.86. The molecule has 0 unspecified atom stereocenters. The van der Waals surface area contributed by atoms with Gasteiger partial charge in [-0.2, -0.15) is 20.1 Å². The topological polar surface area (TPSA) is 68.5 Å². The van der Waals surface area contributed by atoms with Crippen molar-refractivity contribution in [1.82, 2.24) is 24.7 Å². The Labute approximate surface area is 116 Å². The number of nitrogens with one attached hydrogen (secondary N) is 1. The number of hydrogen-bond donors (Lipinski definition) is 1. The van der Waals surface area contributed by atoms with Crippen LogP contribution in [0.1, 0.15) is 25.7 Å². The van der Waals surface area contributed by atoms with E-state index in [1.54, 1.807) is 22.6 Å². The monoisotopic (exact) mass is 276 g/mol. The fourth-order valence-electron chi connectivity index (χ4n) is 2.16. The second-order valence-electron chi connectivity index (χ2n) is 4.47. The normalized spacial score (nSPS) is 15.8. The first-order chi connectivity index (χ1) is 9.35. The Hall–Kier alpha value is -1.63. The first-order valence-electron chi connectivity index (χ1n) is 6.45. The summed E-state index contributed by atoms with van der Waals surface area (Å²) in [6.07, 6.45) is 8.68. The van der Waals surface area contributed by atoms with Crippen LogP contribution < -0.4 is 5.32 Å². The molecule has 0 aromatic carbocycles. The highest BCUT2D eigenvalue weighted by atomic mass is 32.2. The molecule has 1 fully saturated rings. The molecule has 100 valence electrons. The molecule has 2 heterocycles. The molecule has 2 aromatic rings. The maximum atomic E-state index is 4.49. The van der Waals surface area contributed by atoms with Crippen LogP contribution in [0.25, 0.3) is 5.95 Å². The van der Waals surface area contributed by atoms with Gasteiger partial charge < -0.3 is 5.32 Å². The van der Waals surface area contributed by atoms with Crippen molar-refractivity contribution >= 4 is 17.7 Å². The third-order valence-electron chi connectivity index (χ3n) is 3.11. The van der Waals surface area contributed by atoms with Crippen LogP contribution in [-0.4, -0.2) is 37.0 Å². The van der Waals surface area contributed by atoms with Crippen LogP contribution in [0, 0.1) is 0 Å². The highest BCUT2D eigenvalue weighted by Crippen LogP contribution is 2.33. The minimum Gasteiger partial charge on any atom is -0.357 e. The number of hydrogen-bond acceptors (Lipinski definition) is 6. The summed E-state index contributed by atoms with van der Waals surface area (Å²) in [6, 6.07) is 1.85. The van der Waals surface area contributed by atoms with Gasteiger partial charge >= 0.3 is 0 Å². The Morgan fingerprint density at radius 2 is 2.11 bits per heavy atom. The molecule has 0 saturated heterocycles. The average Bonchev–Trinajstić information content (AvgIpc) is 3.11. The van der Waals surface area contributed by atoms with Crippen molar-refractivity contribution in [1.29, 1.82) is 0 Å². The number of aromatic nitrogens is 5. The highest BCUT2D eigenvalue weighted by Gasteiger charge is 2.18. The lowest BCUT2D eigenvalue weighted by atomic mass is 10.4. The fraction of sp³-hybridized carbons (Fsp3) is 0.500. The fourth-order valence-corrected chi connectivity index (χ4v) is 3.30. The molecule has 1 N–H and O–H groups in total. The van der Waals surface area contributed by atoms with E-state index in [0.717, 1.165) is 5.16 Å². The van der Waals surface area contributed by atoms with E-state index in [1.807, 2.05) is 19.3 Å². The summed E-state index contributed by atoms with van der Waals surface area (Å²) in [5.74, 6) is 1.14. The number of anilines is 1. The Morgan fingerprint density at radius 1 is 1.26 bits per heavy atom. The van der Waals surface area contributed by atoms with Gasteiger partial charge in [0.15, 0.2) is 5.16 Å². The first kappa shape index (κ1) is 12.4. The zero-order valence-corrected chi connectivity index (χ0v) is 11.6. The summed E-state index contributed by atoms with van der Waals surface area (Å²) < 4.78 is 1.65. The van der Waals surface area contributed by atoms with Gasteiger partial charge in [0.05, 0.1) is 0 Å². The average molecular weight is 276 g/mol. The van der Waals surface area contributed by atoms with Gasteiger partial charge in [-0.15, -0.1) is 0 Å². The summed E-state index contributed by atoms with van der Waals surface area (Å²) in [4.78, 5) is 13.2. The Morgan fingerprint density at radius 3 is 2.79 bits per heavy atom. The van der Waals surface area contributed by atoms with E-state index >= 15 is 0 Å². The highest BCUT2D eigenvalue weighted by molar-refractivity contribution is 7.99. The molecule has 0 atom stereocenters. The molecule has 0 bridgehead atoms. The van der Waals surface area contributed by atoms with Crippen LogP contribution in [0.4, 0.5) is 5.95 Å². The molecule has 2 aromatic heterocycles.